The molecule has 0 saturated carbocycles. The summed E-state index contributed by atoms with van der Waals surface area (Å²) < 4.78 is 5.70. The van der Waals surface area contributed by atoms with Gasteiger partial charge in [-0.05, 0) is 42.8 Å². The summed E-state index contributed by atoms with van der Waals surface area (Å²) >= 11 is 0. The highest BCUT2D eigenvalue weighted by molar-refractivity contribution is 5.96. The molecule has 2 amide bonds. The molecule has 0 spiro atoms. The number of nitrogens with one attached hydrogen (secondary N) is 2. The van der Waals surface area contributed by atoms with Gasteiger partial charge in [0.05, 0.1) is 11.3 Å². The first kappa shape index (κ1) is 20.6. The minimum Gasteiger partial charge on any atom is -0.481 e. The molecule has 0 radical (unpaired) electrons. The van der Waals surface area contributed by atoms with Gasteiger partial charge in [-0.1, -0.05) is 48.5 Å². The first-order valence-corrected chi connectivity index (χ1v) is 9.45. The van der Waals surface area contributed by atoms with Crippen LogP contribution in [-0.2, 0) is 11.3 Å². The van der Waals surface area contributed by atoms with Gasteiger partial charge in [0.25, 0.3) is 11.8 Å². The van der Waals surface area contributed by atoms with Crippen molar-refractivity contribution < 1.29 is 14.3 Å². The topological polar surface area (TPSA) is 91.2 Å². The molecular weight excluding hydrogens is 378 g/mol. The number of rotatable bonds is 7. The van der Waals surface area contributed by atoms with Gasteiger partial charge in [-0.2, -0.15) is 5.26 Å². The molecule has 2 N–H and O–H groups in total. The number of amides is 2. The summed E-state index contributed by atoms with van der Waals surface area (Å²) in [6.07, 6.45) is -0.820. The molecule has 1 atom stereocenters. The maximum Gasteiger partial charge on any atom is 0.265 e. The Balaban J connectivity index is 1.60. The zero-order chi connectivity index (χ0) is 21.3. The minimum atomic E-state index is -0.820. The molecule has 0 heterocycles. The molecule has 0 aliphatic carbocycles. The number of nitrogens with zero attached hydrogens (tertiary/aromatic N) is 1. The van der Waals surface area contributed by atoms with Gasteiger partial charge in [0, 0.05) is 12.1 Å². The van der Waals surface area contributed by atoms with Crippen LogP contribution in [0, 0.1) is 11.3 Å². The van der Waals surface area contributed by atoms with Gasteiger partial charge >= 0.3 is 0 Å². The molecular formula is C24H21N3O3. The van der Waals surface area contributed by atoms with Crippen LogP contribution in [0.3, 0.4) is 0 Å². The number of carbonyl (C=O) groups excluding carboxylic acids is 2. The van der Waals surface area contributed by atoms with Crippen LogP contribution >= 0.6 is 0 Å². The summed E-state index contributed by atoms with van der Waals surface area (Å²) in [5, 5.41) is 14.7. The molecule has 0 bridgehead atoms. The van der Waals surface area contributed by atoms with Crippen LogP contribution in [0.5, 0.6) is 5.75 Å². The zero-order valence-electron chi connectivity index (χ0n) is 16.5. The van der Waals surface area contributed by atoms with Crippen molar-refractivity contribution in [3.8, 4) is 11.8 Å². The smallest absolute Gasteiger partial charge is 0.265 e. The van der Waals surface area contributed by atoms with Gasteiger partial charge in [-0.3, -0.25) is 9.59 Å². The summed E-state index contributed by atoms with van der Waals surface area (Å²) in [7, 11) is 0. The van der Waals surface area contributed by atoms with Crippen LogP contribution in [0.2, 0.25) is 0 Å². The van der Waals surface area contributed by atoms with Crippen LogP contribution in [-0.4, -0.2) is 17.9 Å². The monoisotopic (exact) mass is 399 g/mol. The number of ether oxygens (including phenoxy) is 1. The minimum absolute atomic E-state index is 0.232. The van der Waals surface area contributed by atoms with E-state index in [2.05, 4.69) is 10.6 Å². The van der Waals surface area contributed by atoms with E-state index in [-0.39, 0.29) is 5.91 Å². The second kappa shape index (κ2) is 9.89. The zero-order valence-corrected chi connectivity index (χ0v) is 16.5. The van der Waals surface area contributed by atoms with Gasteiger partial charge in [0.15, 0.2) is 6.10 Å². The predicted octanol–water partition coefficient (Wildman–Crippen LogP) is 3.89. The second-order valence-corrected chi connectivity index (χ2v) is 6.60. The van der Waals surface area contributed by atoms with Crippen molar-refractivity contribution in [1.82, 2.24) is 5.32 Å². The number of carbonyl (C=O) groups is 2. The van der Waals surface area contributed by atoms with Gasteiger partial charge in [0.2, 0.25) is 0 Å². The lowest BCUT2D eigenvalue weighted by Crippen LogP contribution is -2.30. The van der Waals surface area contributed by atoms with E-state index in [0.29, 0.717) is 29.1 Å². The largest absolute Gasteiger partial charge is 0.481 e. The first-order valence-electron chi connectivity index (χ1n) is 9.45. The first-order chi connectivity index (χ1) is 14.6. The van der Waals surface area contributed by atoms with Crippen LogP contribution in [0.4, 0.5) is 5.69 Å². The average Bonchev–Trinajstić information content (AvgIpc) is 2.78. The van der Waals surface area contributed by atoms with E-state index in [1.807, 2.05) is 36.4 Å². The van der Waals surface area contributed by atoms with Crippen LogP contribution in [0.25, 0.3) is 0 Å². The normalized spacial score (nSPS) is 11.1. The van der Waals surface area contributed by atoms with Gasteiger partial charge < -0.3 is 15.4 Å². The fourth-order valence-electron chi connectivity index (χ4n) is 2.77. The molecule has 0 aliphatic rings. The summed E-state index contributed by atoms with van der Waals surface area (Å²) in [6, 6.07) is 25.0. The number of hydrogen-bond donors (Lipinski definition) is 2. The van der Waals surface area contributed by atoms with E-state index in [1.165, 1.54) is 0 Å². The van der Waals surface area contributed by atoms with Crippen molar-refractivity contribution in [3.05, 3.63) is 95.6 Å². The fraction of sp³-hybridized carbons (Fsp3) is 0.125. The summed E-state index contributed by atoms with van der Waals surface area (Å²) in [4.78, 5) is 24.9. The Labute approximate surface area is 175 Å². The van der Waals surface area contributed by atoms with E-state index in [4.69, 9.17) is 10.00 Å². The molecule has 3 aromatic carbocycles. The third kappa shape index (κ3) is 5.46. The third-order valence-electron chi connectivity index (χ3n) is 4.38. The summed E-state index contributed by atoms with van der Waals surface area (Å²) in [6.45, 7) is 2.02. The molecule has 6 heteroatoms. The van der Waals surface area contributed by atoms with Gasteiger partial charge in [-0.25, -0.2) is 0 Å². The van der Waals surface area contributed by atoms with Crippen molar-refractivity contribution in [3.63, 3.8) is 0 Å². The predicted molar refractivity (Wildman–Crippen MR) is 114 cm³/mol. The van der Waals surface area contributed by atoms with Crippen LogP contribution in [0.1, 0.15) is 28.4 Å². The molecule has 0 unspecified atom stereocenters. The van der Waals surface area contributed by atoms with E-state index in [9.17, 15) is 9.59 Å². The Kier molecular flexibility index (Phi) is 6.80. The van der Waals surface area contributed by atoms with E-state index >= 15 is 0 Å². The van der Waals surface area contributed by atoms with Gasteiger partial charge in [-0.15, -0.1) is 0 Å². The van der Waals surface area contributed by atoms with E-state index in [1.54, 1.807) is 55.5 Å². The van der Waals surface area contributed by atoms with Crippen molar-refractivity contribution >= 4 is 17.5 Å². The molecule has 0 saturated heterocycles. The lowest BCUT2D eigenvalue weighted by molar-refractivity contribution is -0.122. The summed E-state index contributed by atoms with van der Waals surface area (Å²) in [5.74, 6) is -0.223. The Morgan fingerprint density at radius 1 is 1.00 bits per heavy atom. The van der Waals surface area contributed by atoms with Crippen molar-refractivity contribution in [2.45, 2.75) is 19.6 Å². The Morgan fingerprint density at radius 2 is 1.73 bits per heavy atom. The maximum atomic E-state index is 12.4. The van der Waals surface area contributed by atoms with Crippen LogP contribution < -0.4 is 15.4 Å². The molecule has 0 fully saturated rings. The maximum absolute atomic E-state index is 12.4. The molecule has 0 aliphatic heterocycles. The molecule has 3 rings (SSSR count). The molecule has 150 valence electrons. The third-order valence-corrected chi connectivity index (χ3v) is 4.38. The van der Waals surface area contributed by atoms with Crippen LogP contribution in [0.15, 0.2) is 78.9 Å². The Hall–Kier alpha value is -4.11. The van der Waals surface area contributed by atoms with E-state index < -0.39 is 12.0 Å². The highest BCUT2D eigenvalue weighted by Gasteiger charge is 2.17. The Morgan fingerprint density at radius 3 is 2.50 bits per heavy atom. The number of para-hydroxylation sites is 1. The second-order valence-electron chi connectivity index (χ2n) is 6.60. The standard InChI is InChI=1S/C24H21N3O3/c1-17(23(28)27-22-13-6-5-10-20(22)15-25)30-21-12-7-11-19(14-21)24(29)26-16-18-8-3-2-4-9-18/h2-14,17H,16H2,1H3,(H,26,29)(H,27,28)/t17-/m0/s1. The lowest BCUT2D eigenvalue weighted by atomic mass is 10.1. The van der Waals surface area contributed by atoms with Crippen molar-refractivity contribution in [2.24, 2.45) is 0 Å². The molecule has 6 nitrogen and oxygen atoms in total. The molecule has 30 heavy (non-hydrogen) atoms. The Bertz CT molecular complexity index is 1070. The van der Waals surface area contributed by atoms with Gasteiger partial charge in [0.1, 0.15) is 11.8 Å². The van der Waals surface area contributed by atoms with E-state index in [0.717, 1.165) is 5.56 Å². The number of hydrogen-bond acceptors (Lipinski definition) is 4. The van der Waals surface area contributed by atoms with Crippen molar-refractivity contribution in [1.29, 1.82) is 5.26 Å². The average molecular weight is 399 g/mol. The van der Waals surface area contributed by atoms with Crippen molar-refractivity contribution in [2.75, 3.05) is 5.32 Å². The number of anilines is 1. The number of nitriles is 1. The highest BCUT2D eigenvalue weighted by atomic mass is 16.5. The summed E-state index contributed by atoms with van der Waals surface area (Å²) in [5.41, 5.74) is 2.23. The highest BCUT2D eigenvalue weighted by Crippen LogP contribution is 2.18. The quantitative estimate of drug-likeness (QED) is 0.630. The fourth-order valence-corrected chi connectivity index (χ4v) is 2.77. The molecule has 3 aromatic rings. The molecule has 0 aromatic heterocycles. The SMILES string of the molecule is C[C@H](Oc1cccc(C(=O)NCc2ccccc2)c1)C(=O)Nc1ccccc1C#N. The number of benzene rings is 3. The lowest BCUT2D eigenvalue weighted by Gasteiger charge is -2.16.